The van der Waals surface area contributed by atoms with Crippen LogP contribution in [0.5, 0.6) is 0 Å². The lowest BCUT2D eigenvalue weighted by Crippen LogP contribution is -2.52. The molecule has 0 aromatic carbocycles. The van der Waals surface area contributed by atoms with Crippen molar-refractivity contribution >= 4 is 8.80 Å². The highest BCUT2D eigenvalue weighted by atomic mass is 28.4. The SMILES string of the molecule is [C-]#[N+]C(CC)[Si](OC)(OC)OC. The van der Waals surface area contributed by atoms with Crippen molar-refractivity contribution in [3.63, 3.8) is 0 Å². The second-order valence-corrected chi connectivity index (χ2v) is 5.37. The van der Waals surface area contributed by atoms with E-state index in [9.17, 15) is 0 Å². The highest BCUT2D eigenvalue weighted by Crippen LogP contribution is 2.17. The maximum Gasteiger partial charge on any atom is 0.588 e. The van der Waals surface area contributed by atoms with Gasteiger partial charge in [-0.1, -0.05) is 6.92 Å². The summed E-state index contributed by atoms with van der Waals surface area (Å²) < 4.78 is 15.5. The van der Waals surface area contributed by atoms with Crippen LogP contribution in [0.4, 0.5) is 0 Å². The molecule has 0 heterocycles. The quantitative estimate of drug-likeness (QED) is 0.479. The molecule has 1 atom stereocenters. The lowest BCUT2D eigenvalue weighted by atomic mass is 10.5. The van der Waals surface area contributed by atoms with Gasteiger partial charge >= 0.3 is 8.80 Å². The van der Waals surface area contributed by atoms with Gasteiger partial charge in [0, 0.05) is 27.8 Å². The average Bonchev–Trinajstić information content (AvgIpc) is 2.14. The molecule has 0 N–H and O–H groups in total. The lowest BCUT2D eigenvalue weighted by Gasteiger charge is -2.23. The monoisotopic (exact) mass is 189 g/mol. The molecule has 12 heavy (non-hydrogen) atoms. The first-order valence-corrected chi connectivity index (χ1v) is 5.53. The van der Waals surface area contributed by atoms with E-state index >= 15 is 0 Å². The largest absolute Gasteiger partial charge is 0.588 e. The van der Waals surface area contributed by atoms with Crippen molar-refractivity contribution in [1.82, 2.24) is 0 Å². The Kier molecular flexibility index (Phi) is 5.09. The van der Waals surface area contributed by atoms with E-state index in [2.05, 4.69) is 4.85 Å². The Hall–Kier alpha value is -0.413. The van der Waals surface area contributed by atoms with Crippen molar-refractivity contribution in [3.8, 4) is 0 Å². The van der Waals surface area contributed by atoms with E-state index in [-0.39, 0.29) is 5.67 Å². The van der Waals surface area contributed by atoms with E-state index in [4.69, 9.17) is 19.9 Å². The molecule has 1 unspecified atom stereocenters. The Balaban J connectivity index is 4.57. The third-order valence-corrected chi connectivity index (χ3v) is 4.86. The zero-order chi connectivity index (χ0) is 9.61. The minimum Gasteiger partial charge on any atom is -0.372 e. The van der Waals surface area contributed by atoms with Crippen LogP contribution in [-0.4, -0.2) is 35.8 Å². The predicted molar refractivity (Wildman–Crippen MR) is 47.5 cm³/mol. The molecule has 0 aliphatic rings. The van der Waals surface area contributed by atoms with Crippen LogP contribution < -0.4 is 0 Å². The van der Waals surface area contributed by atoms with Gasteiger partial charge in [0.2, 0.25) is 0 Å². The third kappa shape index (κ3) is 2.05. The van der Waals surface area contributed by atoms with Gasteiger partial charge in [-0.15, -0.1) is 0 Å². The number of hydrogen-bond donors (Lipinski definition) is 0. The minimum absolute atomic E-state index is 0.294. The molecule has 0 aromatic rings. The first-order chi connectivity index (χ1) is 5.70. The Morgan fingerprint density at radius 3 is 1.75 bits per heavy atom. The summed E-state index contributed by atoms with van der Waals surface area (Å²) in [6.45, 7) is 8.86. The summed E-state index contributed by atoms with van der Waals surface area (Å²) in [6.07, 6.45) is 0.686. The van der Waals surface area contributed by atoms with E-state index in [1.165, 1.54) is 21.3 Å². The lowest BCUT2D eigenvalue weighted by molar-refractivity contribution is 0.116. The van der Waals surface area contributed by atoms with Gasteiger partial charge in [-0.05, 0) is 0 Å². The summed E-state index contributed by atoms with van der Waals surface area (Å²) in [7, 11) is 1.86. The van der Waals surface area contributed by atoms with E-state index < -0.39 is 8.80 Å². The Labute approximate surface area is 74.6 Å². The summed E-state index contributed by atoms with van der Waals surface area (Å²) in [5, 5.41) is 0. The molecule has 0 saturated heterocycles. The van der Waals surface area contributed by atoms with Crippen molar-refractivity contribution in [2.24, 2.45) is 0 Å². The number of hydrogen-bond acceptors (Lipinski definition) is 3. The molecule has 0 aliphatic heterocycles. The van der Waals surface area contributed by atoms with Crippen molar-refractivity contribution in [2.45, 2.75) is 19.0 Å². The Morgan fingerprint density at radius 2 is 1.67 bits per heavy atom. The molecule has 0 aliphatic carbocycles. The van der Waals surface area contributed by atoms with Crippen LogP contribution in [-0.2, 0) is 13.3 Å². The van der Waals surface area contributed by atoms with E-state index in [1.807, 2.05) is 6.92 Å². The molecule has 0 saturated carbocycles. The van der Waals surface area contributed by atoms with Gasteiger partial charge in [0.25, 0.3) is 5.67 Å². The summed E-state index contributed by atoms with van der Waals surface area (Å²) in [4.78, 5) is 3.43. The molecule has 5 heteroatoms. The first kappa shape index (κ1) is 11.6. The van der Waals surface area contributed by atoms with Crippen LogP contribution in [0.25, 0.3) is 4.85 Å². The van der Waals surface area contributed by atoms with Crippen molar-refractivity contribution in [2.75, 3.05) is 21.3 Å². The Bertz CT molecular complexity index is 156. The molecule has 0 bridgehead atoms. The molecule has 70 valence electrons. The summed E-state index contributed by atoms with van der Waals surface area (Å²) in [5.41, 5.74) is -0.294. The van der Waals surface area contributed by atoms with Crippen molar-refractivity contribution in [1.29, 1.82) is 0 Å². The van der Waals surface area contributed by atoms with Crippen LogP contribution in [0.2, 0.25) is 0 Å². The topological polar surface area (TPSA) is 32.0 Å². The zero-order valence-electron chi connectivity index (χ0n) is 7.96. The average molecular weight is 189 g/mol. The normalized spacial score (nSPS) is 13.9. The van der Waals surface area contributed by atoms with Gasteiger partial charge in [-0.2, -0.15) is 0 Å². The van der Waals surface area contributed by atoms with E-state index in [0.29, 0.717) is 6.42 Å². The minimum atomic E-state index is -2.70. The number of nitrogens with zero attached hydrogens (tertiary/aromatic N) is 1. The van der Waals surface area contributed by atoms with Crippen LogP contribution in [0.15, 0.2) is 0 Å². The Morgan fingerprint density at radius 1 is 1.25 bits per heavy atom. The maximum atomic E-state index is 6.95. The van der Waals surface area contributed by atoms with Gasteiger partial charge in [0.05, 0.1) is 0 Å². The van der Waals surface area contributed by atoms with Crippen LogP contribution in [0.3, 0.4) is 0 Å². The smallest absolute Gasteiger partial charge is 0.372 e. The maximum absolute atomic E-state index is 6.95. The highest BCUT2D eigenvalue weighted by molar-refractivity contribution is 6.62. The molecule has 0 amide bonds. The van der Waals surface area contributed by atoms with Crippen LogP contribution in [0.1, 0.15) is 13.3 Å². The first-order valence-electron chi connectivity index (χ1n) is 3.72. The van der Waals surface area contributed by atoms with Gasteiger partial charge in [-0.3, -0.25) is 0 Å². The van der Waals surface area contributed by atoms with Crippen molar-refractivity contribution in [3.05, 3.63) is 11.4 Å². The summed E-state index contributed by atoms with van der Waals surface area (Å²) in [5.74, 6) is 0. The second-order valence-electron chi connectivity index (χ2n) is 2.27. The zero-order valence-corrected chi connectivity index (χ0v) is 8.96. The van der Waals surface area contributed by atoms with Gasteiger partial charge < -0.3 is 18.1 Å². The van der Waals surface area contributed by atoms with E-state index in [1.54, 1.807) is 0 Å². The fourth-order valence-corrected chi connectivity index (χ4v) is 3.05. The molecule has 0 rings (SSSR count). The molecule has 0 aromatic heterocycles. The standard InChI is InChI=1S/C7H15NO3Si/c1-6-7(8-2)12(9-3,10-4)11-5/h7H,6H2,1,3-5H3. The van der Waals surface area contributed by atoms with Gasteiger partial charge in [-0.25, -0.2) is 6.57 Å². The second kappa shape index (κ2) is 5.27. The highest BCUT2D eigenvalue weighted by Gasteiger charge is 2.52. The molecule has 0 spiro atoms. The molecular formula is C7H15NO3Si. The van der Waals surface area contributed by atoms with Gasteiger partial charge in [0.15, 0.2) is 0 Å². The molecule has 0 radical (unpaired) electrons. The summed E-state index contributed by atoms with van der Waals surface area (Å²) >= 11 is 0. The molecular weight excluding hydrogens is 174 g/mol. The van der Waals surface area contributed by atoms with Crippen LogP contribution >= 0.6 is 0 Å². The predicted octanol–water partition coefficient (Wildman–Crippen LogP) is 1.10. The third-order valence-electron chi connectivity index (χ3n) is 1.80. The summed E-state index contributed by atoms with van der Waals surface area (Å²) in [6, 6.07) is 0. The molecule has 0 fully saturated rings. The molecule has 4 nitrogen and oxygen atoms in total. The van der Waals surface area contributed by atoms with Gasteiger partial charge in [0.1, 0.15) is 0 Å². The number of rotatable bonds is 5. The fraction of sp³-hybridized carbons (Fsp3) is 0.857. The van der Waals surface area contributed by atoms with Crippen molar-refractivity contribution < 1.29 is 13.3 Å². The van der Waals surface area contributed by atoms with Crippen LogP contribution in [0, 0.1) is 6.57 Å². The fourth-order valence-electron chi connectivity index (χ4n) is 1.08. The van der Waals surface area contributed by atoms with E-state index in [0.717, 1.165) is 0 Å².